The van der Waals surface area contributed by atoms with Gasteiger partial charge < -0.3 is 25.0 Å². The molecule has 2 aliphatic rings. The summed E-state index contributed by atoms with van der Waals surface area (Å²) in [6.07, 6.45) is -0.923. The van der Waals surface area contributed by atoms with Crippen LogP contribution in [0.3, 0.4) is 0 Å². The van der Waals surface area contributed by atoms with Crippen LogP contribution in [0, 0.1) is 0 Å². The van der Waals surface area contributed by atoms with E-state index < -0.39 is 6.09 Å². The number of nitrogens with zero attached hydrogens (tertiary/aromatic N) is 3. The normalized spacial score (nSPS) is 19.0. The minimum Gasteiger partial charge on any atom is -0.475 e. The molecule has 108 valence electrons. The number of anilines is 1. The van der Waals surface area contributed by atoms with E-state index in [-0.39, 0.29) is 0 Å². The monoisotopic (exact) mass is 278 g/mol. The Morgan fingerprint density at radius 2 is 2.10 bits per heavy atom. The fraction of sp³-hybridized carbons (Fsp3) is 0.538. The lowest BCUT2D eigenvalue weighted by molar-refractivity contribution is 0.137. The van der Waals surface area contributed by atoms with E-state index in [9.17, 15) is 4.79 Å². The summed E-state index contributed by atoms with van der Waals surface area (Å²) in [7, 11) is 0. The van der Waals surface area contributed by atoms with E-state index in [2.05, 4.69) is 15.2 Å². The highest BCUT2D eigenvalue weighted by molar-refractivity contribution is 5.65. The summed E-state index contributed by atoms with van der Waals surface area (Å²) in [5.74, 6) is 1.46. The van der Waals surface area contributed by atoms with Gasteiger partial charge in [0.1, 0.15) is 12.4 Å². The van der Waals surface area contributed by atoms with E-state index in [1.807, 2.05) is 12.1 Å². The number of hydrogen-bond donors (Lipinski definition) is 2. The molecule has 1 aromatic rings. The minimum atomic E-state index is -0.923. The smallest absolute Gasteiger partial charge is 0.407 e. The van der Waals surface area contributed by atoms with Crippen LogP contribution in [0.25, 0.3) is 0 Å². The molecule has 3 rings (SSSR count). The van der Waals surface area contributed by atoms with Crippen molar-refractivity contribution in [3.8, 4) is 5.88 Å². The first-order valence-electron chi connectivity index (χ1n) is 6.80. The van der Waals surface area contributed by atoms with E-state index in [1.54, 1.807) is 0 Å². The minimum absolute atomic E-state index is 0.333. The van der Waals surface area contributed by atoms with Gasteiger partial charge in [-0.2, -0.15) is 4.98 Å². The van der Waals surface area contributed by atoms with Crippen LogP contribution in [0.1, 0.15) is 5.56 Å². The van der Waals surface area contributed by atoms with Gasteiger partial charge in [0.25, 0.3) is 0 Å². The first kappa shape index (κ1) is 13.0. The molecule has 7 nitrogen and oxygen atoms in total. The molecule has 0 saturated carbocycles. The first-order chi connectivity index (χ1) is 9.74. The van der Waals surface area contributed by atoms with Crippen molar-refractivity contribution >= 4 is 11.9 Å². The van der Waals surface area contributed by atoms with Crippen LogP contribution in [0.15, 0.2) is 12.1 Å². The highest BCUT2D eigenvalue weighted by Gasteiger charge is 2.21. The molecule has 0 unspecified atom stereocenters. The number of amides is 1. The third-order valence-corrected chi connectivity index (χ3v) is 3.60. The highest BCUT2D eigenvalue weighted by Crippen LogP contribution is 2.24. The first-order valence-corrected chi connectivity index (χ1v) is 6.80. The fourth-order valence-corrected chi connectivity index (χ4v) is 2.48. The summed E-state index contributed by atoms with van der Waals surface area (Å²) in [6, 6.07) is 3.86. The Hall–Kier alpha value is -2.02. The van der Waals surface area contributed by atoms with Gasteiger partial charge in [0, 0.05) is 31.7 Å². The molecule has 7 heteroatoms. The van der Waals surface area contributed by atoms with Gasteiger partial charge in [-0.15, -0.1) is 0 Å². The molecule has 0 radical (unpaired) electrons. The fourth-order valence-electron chi connectivity index (χ4n) is 2.48. The van der Waals surface area contributed by atoms with E-state index in [4.69, 9.17) is 9.84 Å². The number of fused-ring (bicyclic) bond motifs is 1. The van der Waals surface area contributed by atoms with Crippen molar-refractivity contribution in [2.75, 3.05) is 44.2 Å². The molecule has 0 spiro atoms. The molecule has 1 saturated heterocycles. The number of piperazine rings is 1. The predicted molar refractivity (Wildman–Crippen MR) is 73.2 cm³/mol. The number of carbonyl (C=O) groups is 1. The van der Waals surface area contributed by atoms with Gasteiger partial charge in [-0.1, -0.05) is 0 Å². The molecular weight excluding hydrogens is 260 g/mol. The van der Waals surface area contributed by atoms with E-state index in [1.165, 1.54) is 4.90 Å². The summed E-state index contributed by atoms with van der Waals surface area (Å²) >= 11 is 0. The maximum atomic E-state index is 11.1. The van der Waals surface area contributed by atoms with Crippen LogP contribution in [0.4, 0.5) is 10.6 Å². The third-order valence-electron chi connectivity index (χ3n) is 3.60. The van der Waals surface area contributed by atoms with Crippen molar-refractivity contribution in [1.82, 2.24) is 15.2 Å². The van der Waals surface area contributed by atoms with Gasteiger partial charge in [-0.25, -0.2) is 4.79 Å². The number of carboxylic acid groups (broad SMARTS) is 1. The van der Waals surface area contributed by atoms with Crippen molar-refractivity contribution in [2.45, 2.75) is 6.54 Å². The summed E-state index contributed by atoms with van der Waals surface area (Å²) in [5.41, 5.74) is 0.823. The number of rotatable bonds is 1. The second-order valence-corrected chi connectivity index (χ2v) is 4.92. The van der Waals surface area contributed by atoms with Crippen molar-refractivity contribution in [3.63, 3.8) is 0 Å². The standard InChI is InChI=1S/C13H18N4O3/c18-13(19)17-7-8-20-12-10(9-17)1-2-11(15-12)16-5-3-14-4-6-16/h1-2,14H,3-9H2,(H,18,19). The molecule has 0 atom stereocenters. The molecular formula is C13H18N4O3. The summed E-state index contributed by atoms with van der Waals surface area (Å²) in [5, 5.41) is 12.4. The van der Waals surface area contributed by atoms with Gasteiger partial charge in [0.05, 0.1) is 13.1 Å². The number of ether oxygens (including phenoxy) is 1. The van der Waals surface area contributed by atoms with Gasteiger partial charge in [-0.3, -0.25) is 0 Å². The lowest BCUT2D eigenvalue weighted by Crippen LogP contribution is -2.43. The Balaban J connectivity index is 1.82. The van der Waals surface area contributed by atoms with Crippen LogP contribution in [-0.2, 0) is 6.54 Å². The van der Waals surface area contributed by atoms with E-state index >= 15 is 0 Å². The Bertz CT molecular complexity index is 502. The number of pyridine rings is 1. The third kappa shape index (κ3) is 2.62. The zero-order valence-corrected chi connectivity index (χ0v) is 11.2. The predicted octanol–water partition coefficient (Wildman–Crippen LogP) is 0.364. The molecule has 0 bridgehead atoms. The van der Waals surface area contributed by atoms with Gasteiger partial charge in [0.15, 0.2) is 0 Å². The molecule has 2 N–H and O–H groups in total. The van der Waals surface area contributed by atoms with Crippen molar-refractivity contribution in [1.29, 1.82) is 0 Å². The molecule has 0 aromatic carbocycles. The molecule has 0 aliphatic carbocycles. The van der Waals surface area contributed by atoms with E-state index in [0.29, 0.717) is 25.6 Å². The average molecular weight is 278 g/mol. The molecule has 1 aromatic heterocycles. The Kier molecular flexibility index (Phi) is 3.60. The Morgan fingerprint density at radius 1 is 1.30 bits per heavy atom. The molecule has 3 heterocycles. The Morgan fingerprint density at radius 3 is 2.85 bits per heavy atom. The van der Waals surface area contributed by atoms with Crippen LogP contribution >= 0.6 is 0 Å². The van der Waals surface area contributed by atoms with E-state index in [0.717, 1.165) is 37.6 Å². The second-order valence-electron chi connectivity index (χ2n) is 4.92. The zero-order valence-electron chi connectivity index (χ0n) is 11.2. The van der Waals surface area contributed by atoms with Crippen molar-refractivity contribution < 1.29 is 14.6 Å². The topological polar surface area (TPSA) is 77.9 Å². The molecule has 20 heavy (non-hydrogen) atoms. The van der Waals surface area contributed by atoms with Crippen LogP contribution in [-0.4, -0.2) is 60.4 Å². The largest absolute Gasteiger partial charge is 0.475 e. The summed E-state index contributed by atoms with van der Waals surface area (Å²) in [6.45, 7) is 4.80. The molecule has 2 aliphatic heterocycles. The maximum Gasteiger partial charge on any atom is 0.407 e. The van der Waals surface area contributed by atoms with Crippen molar-refractivity contribution in [3.05, 3.63) is 17.7 Å². The lowest BCUT2D eigenvalue weighted by atomic mass is 10.2. The van der Waals surface area contributed by atoms with Gasteiger partial charge in [0.2, 0.25) is 5.88 Å². The number of nitrogens with one attached hydrogen (secondary N) is 1. The molecule has 1 fully saturated rings. The number of aromatic nitrogens is 1. The average Bonchev–Trinajstić information content (AvgIpc) is 2.69. The lowest BCUT2D eigenvalue weighted by Gasteiger charge is -2.28. The van der Waals surface area contributed by atoms with Crippen LogP contribution in [0.2, 0.25) is 0 Å². The van der Waals surface area contributed by atoms with Gasteiger partial charge in [-0.05, 0) is 12.1 Å². The van der Waals surface area contributed by atoms with Crippen molar-refractivity contribution in [2.24, 2.45) is 0 Å². The highest BCUT2D eigenvalue weighted by atomic mass is 16.5. The SMILES string of the molecule is O=C(O)N1CCOc2nc(N3CCNCC3)ccc2C1. The summed E-state index contributed by atoms with van der Waals surface area (Å²) < 4.78 is 5.60. The Labute approximate surface area is 117 Å². The zero-order chi connectivity index (χ0) is 13.9. The summed E-state index contributed by atoms with van der Waals surface area (Å²) in [4.78, 5) is 19.2. The maximum absolute atomic E-state index is 11.1. The van der Waals surface area contributed by atoms with Crippen LogP contribution in [0.5, 0.6) is 5.88 Å². The quantitative estimate of drug-likeness (QED) is 0.772. The number of hydrogen-bond acceptors (Lipinski definition) is 5. The second kappa shape index (κ2) is 5.54. The van der Waals surface area contributed by atoms with Gasteiger partial charge >= 0.3 is 6.09 Å². The van der Waals surface area contributed by atoms with Crippen LogP contribution < -0.4 is 15.0 Å². The molecule has 1 amide bonds.